The predicted octanol–water partition coefficient (Wildman–Crippen LogP) is 2.76. The molecule has 112 valence electrons. The van der Waals surface area contributed by atoms with Crippen LogP contribution in [-0.2, 0) is 6.42 Å². The maximum atomic E-state index is 6.11. The summed E-state index contributed by atoms with van der Waals surface area (Å²) in [6.07, 6.45) is 0.884. The second kappa shape index (κ2) is 6.33. The number of benzene rings is 1. The Bertz CT molecular complexity index is 446. The van der Waals surface area contributed by atoms with Crippen LogP contribution in [0.25, 0.3) is 0 Å². The smallest absolute Gasteiger partial charge is 0.0410 e. The summed E-state index contributed by atoms with van der Waals surface area (Å²) in [5, 5.41) is 0.797. The molecule has 4 heteroatoms. The fourth-order valence-corrected chi connectivity index (χ4v) is 3.03. The molecule has 1 heterocycles. The lowest BCUT2D eigenvalue weighted by atomic mass is 10.0. The van der Waals surface area contributed by atoms with Gasteiger partial charge in [0.1, 0.15) is 0 Å². The van der Waals surface area contributed by atoms with Crippen LogP contribution >= 0.6 is 11.6 Å². The van der Waals surface area contributed by atoms with Crippen molar-refractivity contribution < 1.29 is 0 Å². The van der Waals surface area contributed by atoms with Gasteiger partial charge in [-0.3, -0.25) is 4.90 Å². The summed E-state index contributed by atoms with van der Waals surface area (Å²) in [7, 11) is 0. The molecule has 0 spiro atoms. The zero-order valence-electron chi connectivity index (χ0n) is 12.8. The first kappa shape index (κ1) is 15.6. The number of rotatable bonds is 3. The molecule has 1 saturated heterocycles. The molecule has 1 aromatic carbocycles. The number of nitrogens with two attached hydrogens (primary N) is 1. The third-order valence-corrected chi connectivity index (χ3v) is 4.26. The van der Waals surface area contributed by atoms with Crippen molar-refractivity contribution in [3.05, 3.63) is 28.8 Å². The predicted molar refractivity (Wildman–Crippen MR) is 87.7 cm³/mol. The molecule has 0 radical (unpaired) electrons. The third kappa shape index (κ3) is 3.66. The largest absolute Gasteiger partial charge is 0.369 e. The van der Waals surface area contributed by atoms with Crippen LogP contribution in [0.5, 0.6) is 0 Å². The second-order valence-electron chi connectivity index (χ2n) is 6.46. The fraction of sp³-hybridized carbons (Fsp3) is 0.625. The zero-order valence-corrected chi connectivity index (χ0v) is 13.6. The first-order valence-corrected chi connectivity index (χ1v) is 7.78. The molecular formula is C16H26ClN3. The molecule has 3 nitrogen and oxygen atoms in total. The maximum Gasteiger partial charge on any atom is 0.0410 e. The minimum atomic E-state index is 0.256. The van der Waals surface area contributed by atoms with Gasteiger partial charge in [-0.05, 0) is 57.5 Å². The van der Waals surface area contributed by atoms with Crippen LogP contribution in [0.15, 0.2) is 18.2 Å². The molecule has 0 amide bonds. The highest BCUT2D eigenvalue weighted by Crippen LogP contribution is 2.27. The Kier molecular flexibility index (Phi) is 4.95. The zero-order chi connectivity index (χ0) is 14.8. The van der Waals surface area contributed by atoms with E-state index in [1.165, 1.54) is 11.3 Å². The van der Waals surface area contributed by atoms with Gasteiger partial charge in [-0.25, -0.2) is 0 Å². The molecule has 0 unspecified atom stereocenters. The van der Waals surface area contributed by atoms with E-state index in [0.717, 1.165) is 37.6 Å². The van der Waals surface area contributed by atoms with E-state index in [1.54, 1.807) is 0 Å². The van der Waals surface area contributed by atoms with E-state index in [2.05, 4.69) is 42.7 Å². The molecule has 2 N–H and O–H groups in total. The summed E-state index contributed by atoms with van der Waals surface area (Å²) < 4.78 is 0. The Morgan fingerprint density at radius 1 is 1.15 bits per heavy atom. The summed E-state index contributed by atoms with van der Waals surface area (Å²) in [4.78, 5) is 5.01. The van der Waals surface area contributed by atoms with Crippen molar-refractivity contribution in [2.24, 2.45) is 5.73 Å². The van der Waals surface area contributed by atoms with Gasteiger partial charge in [-0.15, -0.1) is 0 Å². The van der Waals surface area contributed by atoms with Gasteiger partial charge in [0, 0.05) is 42.4 Å². The van der Waals surface area contributed by atoms with Crippen LogP contribution in [-0.4, -0.2) is 43.2 Å². The summed E-state index contributed by atoms with van der Waals surface area (Å²) >= 11 is 6.11. The average molecular weight is 296 g/mol. The van der Waals surface area contributed by atoms with Gasteiger partial charge in [0.2, 0.25) is 0 Å². The van der Waals surface area contributed by atoms with E-state index >= 15 is 0 Å². The van der Waals surface area contributed by atoms with Gasteiger partial charge >= 0.3 is 0 Å². The number of nitrogens with zero attached hydrogens (tertiary/aromatic N) is 2. The van der Waals surface area contributed by atoms with E-state index in [1.807, 2.05) is 6.07 Å². The molecule has 1 aliphatic rings. The summed E-state index contributed by atoms with van der Waals surface area (Å²) in [5.74, 6) is 0. The fourth-order valence-electron chi connectivity index (χ4n) is 2.84. The van der Waals surface area contributed by atoms with Crippen molar-refractivity contribution in [3.63, 3.8) is 0 Å². The van der Waals surface area contributed by atoms with Crippen LogP contribution in [0.1, 0.15) is 26.3 Å². The van der Waals surface area contributed by atoms with Gasteiger partial charge in [0.15, 0.2) is 0 Å². The second-order valence-corrected chi connectivity index (χ2v) is 6.89. The van der Waals surface area contributed by atoms with E-state index in [9.17, 15) is 0 Å². The van der Waals surface area contributed by atoms with Gasteiger partial charge in [-0.2, -0.15) is 0 Å². The van der Waals surface area contributed by atoms with Crippen LogP contribution < -0.4 is 10.6 Å². The molecule has 1 fully saturated rings. The molecule has 0 atom stereocenters. The normalized spacial score (nSPS) is 17.6. The topological polar surface area (TPSA) is 32.5 Å². The Balaban J connectivity index is 2.10. The molecule has 0 aliphatic carbocycles. The van der Waals surface area contributed by atoms with Crippen molar-refractivity contribution in [1.29, 1.82) is 0 Å². The van der Waals surface area contributed by atoms with Gasteiger partial charge in [0.05, 0.1) is 0 Å². The minimum Gasteiger partial charge on any atom is -0.369 e. The summed E-state index contributed by atoms with van der Waals surface area (Å²) in [6, 6.07) is 6.17. The first-order valence-electron chi connectivity index (χ1n) is 7.40. The molecule has 0 saturated carbocycles. The third-order valence-electron chi connectivity index (χ3n) is 4.02. The van der Waals surface area contributed by atoms with Gasteiger partial charge < -0.3 is 10.6 Å². The highest BCUT2D eigenvalue weighted by atomic mass is 35.5. The monoisotopic (exact) mass is 295 g/mol. The average Bonchev–Trinajstić information content (AvgIpc) is 2.38. The number of hydrogen-bond donors (Lipinski definition) is 1. The first-order chi connectivity index (χ1) is 9.41. The number of halogens is 1. The Hall–Kier alpha value is -0.770. The summed E-state index contributed by atoms with van der Waals surface area (Å²) in [5.41, 5.74) is 8.54. The highest BCUT2D eigenvalue weighted by molar-refractivity contribution is 6.30. The summed E-state index contributed by atoms with van der Waals surface area (Å²) in [6.45, 7) is 11.9. The van der Waals surface area contributed by atoms with Gasteiger partial charge in [0.25, 0.3) is 0 Å². The van der Waals surface area contributed by atoms with Crippen LogP contribution in [0, 0.1) is 0 Å². The van der Waals surface area contributed by atoms with Gasteiger partial charge in [-0.1, -0.05) is 11.6 Å². The van der Waals surface area contributed by atoms with Crippen molar-refractivity contribution in [3.8, 4) is 0 Å². The van der Waals surface area contributed by atoms with Crippen LogP contribution in [0.2, 0.25) is 5.02 Å². The van der Waals surface area contributed by atoms with E-state index in [-0.39, 0.29) is 5.54 Å². The van der Waals surface area contributed by atoms with Crippen molar-refractivity contribution >= 4 is 17.3 Å². The number of piperazine rings is 1. The molecule has 1 aromatic rings. The van der Waals surface area contributed by atoms with E-state index < -0.39 is 0 Å². The molecular weight excluding hydrogens is 270 g/mol. The van der Waals surface area contributed by atoms with Crippen LogP contribution in [0.3, 0.4) is 0 Å². The molecule has 1 aliphatic heterocycles. The lowest BCUT2D eigenvalue weighted by Gasteiger charge is -2.43. The molecule has 2 rings (SSSR count). The lowest BCUT2D eigenvalue weighted by molar-refractivity contribution is 0.128. The molecule has 0 aromatic heterocycles. The molecule has 20 heavy (non-hydrogen) atoms. The van der Waals surface area contributed by atoms with Crippen molar-refractivity contribution in [2.75, 3.05) is 37.6 Å². The highest BCUT2D eigenvalue weighted by Gasteiger charge is 2.26. The maximum absolute atomic E-state index is 6.11. The standard InChI is InChI=1S/C16H26ClN3/c1-16(2,3)20-10-8-19(9-11-20)15-5-4-14(17)12-13(15)6-7-18/h4-5,12H,6-11,18H2,1-3H3. The van der Waals surface area contributed by atoms with E-state index in [4.69, 9.17) is 17.3 Å². The van der Waals surface area contributed by atoms with E-state index in [0.29, 0.717) is 6.54 Å². The Morgan fingerprint density at radius 3 is 2.35 bits per heavy atom. The quantitative estimate of drug-likeness (QED) is 0.931. The van der Waals surface area contributed by atoms with Crippen molar-refractivity contribution in [1.82, 2.24) is 4.90 Å². The lowest BCUT2D eigenvalue weighted by Crippen LogP contribution is -2.53. The minimum absolute atomic E-state index is 0.256. The Morgan fingerprint density at radius 2 is 1.80 bits per heavy atom. The Labute approximate surface area is 127 Å². The number of anilines is 1. The van der Waals surface area contributed by atoms with Crippen LogP contribution in [0.4, 0.5) is 5.69 Å². The SMILES string of the molecule is CC(C)(C)N1CCN(c2ccc(Cl)cc2CCN)CC1. The number of hydrogen-bond acceptors (Lipinski definition) is 3. The molecule has 0 bridgehead atoms. The van der Waals surface area contributed by atoms with Crippen molar-refractivity contribution in [2.45, 2.75) is 32.7 Å².